The summed E-state index contributed by atoms with van der Waals surface area (Å²) in [5, 5.41) is 13.3. The fourth-order valence-corrected chi connectivity index (χ4v) is 6.16. The number of aliphatic hydroxyl groups excluding tert-OH is 1. The van der Waals surface area contributed by atoms with E-state index in [9.17, 15) is 26.8 Å². The van der Waals surface area contributed by atoms with Gasteiger partial charge in [0.2, 0.25) is 10.0 Å². The Morgan fingerprint density at radius 1 is 1.00 bits per heavy atom. The van der Waals surface area contributed by atoms with E-state index >= 15 is 0 Å². The van der Waals surface area contributed by atoms with E-state index in [4.69, 9.17) is 5.11 Å². The summed E-state index contributed by atoms with van der Waals surface area (Å²) in [5.74, 6) is -3.75. The number of aromatic nitrogens is 1. The van der Waals surface area contributed by atoms with Crippen molar-refractivity contribution in [2.75, 3.05) is 58.5 Å². The van der Waals surface area contributed by atoms with Crippen LogP contribution in [-0.2, 0) is 10.0 Å². The molecular formula is C26H33F2N5O5S. The van der Waals surface area contributed by atoms with Gasteiger partial charge in [0.15, 0.2) is 0 Å². The van der Waals surface area contributed by atoms with E-state index in [1.807, 2.05) is 0 Å². The molecule has 1 aromatic carbocycles. The Balaban J connectivity index is 1.40. The van der Waals surface area contributed by atoms with E-state index in [2.05, 4.69) is 14.9 Å². The molecule has 1 spiro atoms. The molecule has 2 aromatic rings. The number of nitrogens with zero attached hydrogens (tertiary/aromatic N) is 3. The Bertz CT molecular complexity index is 1390. The van der Waals surface area contributed by atoms with Crippen LogP contribution in [0.1, 0.15) is 48.9 Å². The first-order chi connectivity index (χ1) is 18.5. The van der Waals surface area contributed by atoms with Crippen molar-refractivity contribution < 1.29 is 27.1 Å². The van der Waals surface area contributed by atoms with E-state index in [1.54, 1.807) is 12.1 Å². The van der Waals surface area contributed by atoms with Crippen molar-refractivity contribution in [2.24, 2.45) is 5.41 Å². The zero-order valence-electron chi connectivity index (χ0n) is 21.5. The summed E-state index contributed by atoms with van der Waals surface area (Å²) in [7, 11) is -3.77. The summed E-state index contributed by atoms with van der Waals surface area (Å²) in [6.45, 7) is 0.929. The van der Waals surface area contributed by atoms with Crippen molar-refractivity contribution in [3.8, 4) is 0 Å². The number of hydrogen-bond acceptors (Lipinski definition) is 7. The van der Waals surface area contributed by atoms with Gasteiger partial charge in [0.25, 0.3) is 17.4 Å². The average Bonchev–Trinajstić information content (AvgIpc) is 3.64. The van der Waals surface area contributed by atoms with Gasteiger partial charge in [0, 0.05) is 45.2 Å². The van der Waals surface area contributed by atoms with Crippen molar-refractivity contribution in [2.45, 2.75) is 44.4 Å². The lowest BCUT2D eigenvalue weighted by molar-refractivity contribution is -0.0260. The number of anilines is 3. The number of nitrogens with one attached hydrogen (secondary N) is 2. The van der Waals surface area contributed by atoms with Crippen molar-refractivity contribution in [1.29, 1.82) is 0 Å². The number of alkyl halides is 2. The Kier molecular flexibility index (Phi) is 7.31. The Morgan fingerprint density at radius 3 is 2.33 bits per heavy atom. The lowest BCUT2D eigenvalue weighted by Gasteiger charge is -2.35. The fraction of sp³-hybridized carbons (Fsp3) is 0.538. The number of piperidine rings is 2. The Morgan fingerprint density at radius 2 is 1.69 bits per heavy atom. The van der Waals surface area contributed by atoms with E-state index in [0.717, 1.165) is 12.8 Å². The molecule has 3 N–H and O–H groups in total. The molecule has 3 fully saturated rings. The molecule has 10 nitrogen and oxygen atoms in total. The molecule has 0 bridgehead atoms. The number of hydrogen-bond donors (Lipinski definition) is 3. The van der Waals surface area contributed by atoms with Gasteiger partial charge in [-0.05, 0) is 61.4 Å². The largest absolute Gasteiger partial charge is 0.395 e. The molecule has 3 aliphatic rings. The zero-order valence-corrected chi connectivity index (χ0v) is 22.4. The Hall–Kier alpha value is -3.19. The molecule has 1 aliphatic carbocycles. The normalized spacial score (nSPS) is 20.1. The maximum absolute atomic E-state index is 13.6. The van der Waals surface area contributed by atoms with Crippen LogP contribution < -0.4 is 25.5 Å². The standard InChI is InChI=1S/C26H33F2N5O5S/c27-26(28)9-14-32(15-10-26)33-11-1-2-21(24(33)36)29-23(35)20-4-3-19(30-39(37,38)17-16-34)18-22(20)31-12-7-25(5-6-25)8-13-31/h1-4,11,18,30,34H,5-10,12-17H2,(H,29,35). The minimum Gasteiger partial charge on any atom is -0.395 e. The van der Waals surface area contributed by atoms with Crippen LogP contribution in [0.5, 0.6) is 0 Å². The van der Waals surface area contributed by atoms with Gasteiger partial charge in [-0.2, -0.15) is 0 Å². The Labute approximate surface area is 225 Å². The number of pyridine rings is 1. The first-order valence-corrected chi connectivity index (χ1v) is 14.8. The van der Waals surface area contributed by atoms with Crippen LogP contribution in [0.25, 0.3) is 0 Å². The molecule has 2 saturated heterocycles. The van der Waals surface area contributed by atoms with Crippen molar-refractivity contribution in [1.82, 2.24) is 4.68 Å². The number of halogens is 2. The van der Waals surface area contributed by atoms with Gasteiger partial charge in [-0.25, -0.2) is 21.9 Å². The van der Waals surface area contributed by atoms with Crippen molar-refractivity contribution >= 4 is 33.0 Å². The molecule has 13 heteroatoms. The highest BCUT2D eigenvalue weighted by atomic mass is 32.2. The molecule has 212 valence electrons. The van der Waals surface area contributed by atoms with Crippen LogP contribution in [0.15, 0.2) is 41.3 Å². The number of rotatable bonds is 8. The van der Waals surface area contributed by atoms with Gasteiger partial charge in [-0.3, -0.25) is 14.3 Å². The molecule has 39 heavy (non-hydrogen) atoms. The van der Waals surface area contributed by atoms with E-state index < -0.39 is 39.8 Å². The summed E-state index contributed by atoms with van der Waals surface area (Å²) in [4.78, 5) is 28.7. The van der Waals surface area contributed by atoms with Crippen LogP contribution in [0.2, 0.25) is 0 Å². The third kappa shape index (κ3) is 6.19. The van der Waals surface area contributed by atoms with Gasteiger partial charge in [0.1, 0.15) is 5.69 Å². The maximum atomic E-state index is 13.6. The average molecular weight is 566 g/mol. The maximum Gasteiger partial charge on any atom is 0.292 e. The fourth-order valence-electron chi connectivity index (χ4n) is 5.33. The molecule has 0 atom stereocenters. The second kappa shape index (κ2) is 10.4. The molecule has 1 aromatic heterocycles. The molecule has 0 unspecified atom stereocenters. The zero-order chi connectivity index (χ0) is 27.8. The van der Waals surface area contributed by atoms with Gasteiger partial charge < -0.3 is 20.3 Å². The van der Waals surface area contributed by atoms with Crippen LogP contribution >= 0.6 is 0 Å². The monoisotopic (exact) mass is 565 g/mol. The summed E-state index contributed by atoms with van der Waals surface area (Å²) in [6.07, 6.45) is 5.13. The number of sulfonamides is 1. The highest BCUT2D eigenvalue weighted by Crippen LogP contribution is 2.54. The van der Waals surface area contributed by atoms with E-state index in [-0.39, 0.29) is 42.9 Å². The summed E-state index contributed by atoms with van der Waals surface area (Å²) < 4.78 is 55.4. The summed E-state index contributed by atoms with van der Waals surface area (Å²) >= 11 is 0. The summed E-state index contributed by atoms with van der Waals surface area (Å²) in [6, 6.07) is 7.62. The number of carbonyl (C=O) groups excluding carboxylic acids is 1. The van der Waals surface area contributed by atoms with E-state index in [0.29, 0.717) is 24.2 Å². The number of amides is 1. The SMILES string of the molecule is O=C(Nc1cccn(N2CCC(F)(F)CC2)c1=O)c1ccc(NS(=O)(=O)CCO)cc1N1CCC2(CC1)CC2. The number of aliphatic hydroxyl groups is 1. The quantitative estimate of drug-likeness (QED) is 0.450. The number of benzene rings is 1. The van der Waals surface area contributed by atoms with Crippen LogP contribution in [0.3, 0.4) is 0 Å². The molecule has 5 rings (SSSR count). The highest BCUT2D eigenvalue weighted by molar-refractivity contribution is 7.92. The third-order valence-corrected chi connectivity index (χ3v) is 9.22. The minimum atomic E-state index is -3.77. The molecule has 1 saturated carbocycles. The van der Waals surface area contributed by atoms with Gasteiger partial charge in [-0.1, -0.05) is 0 Å². The van der Waals surface area contributed by atoms with Crippen LogP contribution in [0.4, 0.5) is 25.8 Å². The van der Waals surface area contributed by atoms with Gasteiger partial charge in [0.05, 0.1) is 29.3 Å². The van der Waals surface area contributed by atoms with Crippen molar-refractivity contribution in [3.05, 3.63) is 52.4 Å². The van der Waals surface area contributed by atoms with E-state index in [1.165, 1.54) is 46.9 Å². The second-order valence-electron chi connectivity index (χ2n) is 10.7. The van der Waals surface area contributed by atoms with Crippen LogP contribution in [0, 0.1) is 5.41 Å². The minimum absolute atomic E-state index is 0.00841. The van der Waals surface area contributed by atoms with Gasteiger partial charge in [-0.15, -0.1) is 0 Å². The third-order valence-electron chi connectivity index (χ3n) is 7.95. The number of carbonyl (C=O) groups is 1. The first-order valence-electron chi connectivity index (χ1n) is 13.2. The van der Waals surface area contributed by atoms with Gasteiger partial charge >= 0.3 is 0 Å². The predicted molar refractivity (Wildman–Crippen MR) is 145 cm³/mol. The van der Waals surface area contributed by atoms with Crippen molar-refractivity contribution in [3.63, 3.8) is 0 Å². The summed E-state index contributed by atoms with van der Waals surface area (Å²) in [5.41, 5.74) is 0.952. The lowest BCUT2D eigenvalue weighted by atomic mass is 9.93. The molecule has 2 aliphatic heterocycles. The molecule has 3 heterocycles. The second-order valence-corrected chi connectivity index (χ2v) is 12.5. The smallest absolute Gasteiger partial charge is 0.292 e. The first kappa shape index (κ1) is 27.4. The van der Waals surface area contributed by atoms with Crippen LogP contribution in [-0.4, -0.2) is 68.6 Å². The molecule has 0 radical (unpaired) electrons. The lowest BCUT2D eigenvalue weighted by Crippen LogP contribution is -2.49. The predicted octanol–water partition coefficient (Wildman–Crippen LogP) is 2.58. The molecular weight excluding hydrogens is 532 g/mol. The highest BCUT2D eigenvalue weighted by Gasteiger charge is 2.44. The molecule has 1 amide bonds. The topological polar surface area (TPSA) is 124 Å².